The molecule has 0 unspecified atom stereocenters. The molecule has 1 fully saturated rings. The lowest BCUT2D eigenvalue weighted by atomic mass is 9.88. The third-order valence-electron chi connectivity index (χ3n) is 4.37. The summed E-state index contributed by atoms with van der Waals surface area (Å²) in [6, 6.07) is 14.9. The zero-order valence-corrected chi connectivity index (χ0v) is 14.5. The van der Waals surface area contributed by atoms with Gasteiger partial charge >= 0.3 is 0 Å². The Labute approximate surface area is 151 Å². The van der Waals surface area contributed by atoms with Crippen LogP contribution in [0.3, 0.4) is 0 Å². The fourth-order valence-corrected chi connectivity index (χ4v) is 3.64. The average Bonchev–Trinajstić information content (AvgIpc) is 3.05. The Hall–Kier alpha value is -1.59. The molecule has 2 aromatic carbocycles. The lowest BCUT2D eigenvalue weighted by Gasteiger charge is -2.22. The van der Waals surface area contributed by atoms with Crippen LogP contribution in [0.4, 0.5) is 0 Å². The minimum absolute atomic E-state index is 0.00209. The van der Waals surface area contributed by atoms with Crippen LogP contribution in [-0.4, -0.2) is 19.0 Å². The maximum absolute atomic E-state index is 12.7. The Morgan fingerprint density at radius 3 is 2.62 bits per heavy atom. The molecule has 0 bridgehead atoms. The van der Waals surface area contributed by atoms with Crippen LogP contribution in [0, 0.1) is 5.92 Å². The first-order valence-corrected chi connectivity index (χ1v) is 8.58. The van der Waals surface area contributed by atoms with Gasteiger partial charge in [0.2, 0.25) is 5.91 Å². The summed E-state index contributed by atoms with van der Waals surface area (Å²) >= 11 is 12.3. The van der Waals surface area contributed by atoms with Gasteiger partial charge in [0.1, 0.15) is 6.17 Å². The third-order valence-corrected chi connectivity index (χ3v) is 4.93. The molecule has 0 aliphatic carbocycles. The Morgan fingerprint density at radius 2 is 1.92 bits per heavy atom. The van der Waals surface area contributed by atoms with Gasteiger partial charge in [0.05, 0.1) is 5.92 Å². The van der Waals surface area contributed by atoms with Crippen LogP contribution in [0.2, 0.25) is 10.0 Å². The Balaban J connectivity index is 1.74. The van der Waals surface area contributed by atoms with E-state index in [1.54, 1.807) is 12.1 Å². The maximum atomic E-state index is 12.7. The van der Waals surface area contributed by atoms with Gasteiger partial charge in [0, 0.05) is 29.1 Å². The molecule has 4 nitrogen and oxygen atoms in total. The summed E-state index contributed by atoms with van der Waals surface area (Å²) in [4.78, 5) is 12.7. The summed E-state index contributed by atoms with van der Waals surface area (Å²) in [7, 11) is 0. The van der Waals surface area contributed by atoms with Crippen LogP contribution >= 0.6 is 23.2 Å². The summed E-state index contributed by atoms with van der Waals surface area (Å²) in [6.45, 7) is 1.29. The SMILES string of the molecule is N[C@H](NC(=O)[C@@H]1CNC[C@H]1c1ccc(Cl)cc1Cl)c1ccccc1. The number of nitrogens with two attached hydrogens (primary N) is 1. The minimum atomic E-state index is -0.527. The molecule has 0 aromatic heterocycles. The summed E-state index contributed by atoms with van der Waals surface area (Å²) in [5, 5.41) is 7.33. The number of rotatable bonds is 4. The standard InChI is InChI=1S/C18H19Cl2N3O/c19-12-6-7-13(16(20)8-12)14-9-22-10-15(14)18(24)23-17(21)11-4-2-1-3-5-11/h1-8,14-15,17,22H,9-10,21H2,(H,23,24)/t14-,15+,17+/m0/s1. The highest BCUT2D eigenvalue weighted by molar-refractivity contribution is 6.35. The van der Waals surface area contributed by atoms with Crippen molar-refractivity contribution in [3.8, 4) is 0 Å². The molecule has 126 valence electrons. The second-order valence-corrected chi connectivity index (χ2v) is 6.78. The van der Waals surface area contributed by atoms with Crippen LogP contribution in [0.25, 0.3) is 0 Å². The molecule has 0 radical (unpaired) electrons. The van der Waals surface area contributed by atoms with E-state index < -0.39 is 6.17 Å². The first-order chi connectivity index (χ1) is 11.6. The molecule has 1 heterocycles. The van der Waals surface area contributed by atoms with Gasteiger partial charge in [0.25, 0.3) is 0 Å². The zero-order chi connectivity index (χ0) is 17.1. The van der Waals surface area contributed by atoms with Crippen molar-refractivity contribution in [1.29, 1.82) is 0 Å². The number of halogens is 2. The Kier molecular flexibility index (Phi) is 5.41. The molecular formula is C18H19Cl2N3O. The smallest absolute Gasteiger partial charge is 0.226 e. The maximum Gasteiger partial charge on any atom is 0.226 e. The molecule has 1 aliphatic rings. The summed E-state index contributed by atoms with van der Waals surface area (Å²) < 4.78 is 0. The fourth-order valence-electron chi connectivity index (χ4n) is 3.09. The van der Waals surface area contributed by atoms with E-state index >= 15 is 0 Å². The van der Waals surface area contributed by atoms with Gasteiger partial charge in [0.15, 0.2) is 0 Å². The second-order valence-electron chi connectivity index (χ2n) is 5.93. The van der Waals surface area contributed by atoms with Gasteiger partial charge in [-0.25, -0.2) is 0 Å². The third kappa shape index (κ3) is 3.73. The highest BCUT2D eigenvalue weighted by Crippen LogP contribution is 2.34. The first-order valence-electron chi connectivity index (χ1n) is 7.83. The summed E-state index contributed by atoms with van der Waals surface area (Å²) in [6.07, 6.45) is -0.527. The van der Waals surface area contributed by atoms with Crippen molar-refractivity contribution in [2.45, 2.75) is 12.1 Å². The lowest BCUT2D eigenvalue weighted by Crippen LogP contribution is -2.40. The van der Waals surface area contributed by atoms with E-state index in [1.807, 2.05) is 36.4 Å². The minimum Gasteiger partial charge on any atom is -0.337 e. The van der Waals surface area contributed by atoms with Crippen molar-refractivity contribution in [2.75, 3.05) is 13.1 Å². The van der Waals surface area contributed by atoms with E-state index in [1.165, 1.54) is 0 Å². The van der Waals surface area contributed by atoms with E-state index in [9.17, 15) is 4.79 Å². The molecule has 3 rings (SSSR count). The predicted molar refractivity (Wildman–Crippen MR) is 97.1 cm³/mol. The average molecular weight is 364 g/mol. The van der Waals surface area contributed by atoms with Gasteiger partial charge in [-0.15, -0.1) is 0 Å². The van der Waals surface area contributed by atoms with Crippen molar-refractivity contribution in [3.63, 3.8) is 0 Å². The number of carbonyl (C=O) groups is 1. The number of nitrogens with one attached hydrogen (secondary N) is 2. The van der Waals surface area contributed by atoms with Crippen LogP contribution in [-0.2, 0) is 4.79 Å². The van der Waals surface area contributed by atoms with Crippen LogP contribution in [0.5, 0.6) is 0 Å². The lowest BCUT2D eigenvalue weighted by molar-refractivity contribution is -0.125. The molecule has 0 spiro atoms. The number of hydrogen-bond donors (Lipinski definition) is 3. The van der Waals surface area contributed by atoms with Crippen molar-refractivity contribution in [1.82, 2.24) is 10.6 Å². The highest BCUT2D eigenvalue weighted by atomic mass is 35.5. The zero-order valence-electron chi connectivity index (χ0n) is 13.0. The van der Waals surface area contributed by atoms with Gasteiger partial charge in [-0.3, -0.25) is 4.79 Å². The molecule has 1 saturated heterocycles. The fraction of sp³-hybridized carbons (Fsp3) is 0.278. The molecule has 1 amide bonds. The van der Waals surface area contributed by atoms with E-state index in [-0.39, 0.29) is 17.7 Å². The van der Waals surface area contributed by atoms with Crippen molar-refractivity contribution in [2.24, 2.45) is 11.7 Å². The van der Waals surface area contributed by atoms with Crippen LogP contribution in [0.1, 0.15) is 23.2 Å². The predicted octanol–water partition coefficient (Wildman–Crippen LogP) is 3.07. The number of benzene rings is 2. The molecule has 0 saturated carbocycles. The normalized spacial score (nSPS) is 21.5. The topological polar surface area (TPSA) is 67.1 Å². The molecule has 6 heteroatoms. The molecule has 4 N–H and O–H groups in total. The van der Waals surface area contributed by atoms with Gasteiger partial charge in [-0.05, 0) is 23.3 Å². The summed E-state index contributed by atoms with van der Waals surface area (Å²) in [5.41, 5.74) is 7.90. The molecular weight excluding hydrogens is 345 g/mol. The van der Waals surface area contributed by atoms with Crippen molar-refractivity contribution in [3.05, 3.63) is 69.7 Å². The van der Waals surface area contributed by atoms with Crippen LogP contribution < -0.4 is 16.4 Å². The quantitative estimate of drug-likeness (QED) is 0.731. The van der Waals surface area contributed by atoms with Crippen LogP contribution in [0.15, 0.2) is 48.5 Å². The monoisotopic (exact) mass is 363 g/mol. The summed E-state index contributed by atoms with van der Waals surface area (Å²) in [5.74, 6) is -0.302. The van der Waals surface area contributed by atoms with Gasteiger partial charge < -0.3 is 16.4 Å². The van der Waals surface area contributed by atoms with Crippen molar-refractivity contribution < 1.29 is 4.79 Å². The molecule has 3 atom stereocenters. The number of amides is 1. The first kappa shape index (κ1) is 17.2. The van der Waals surface area contributed by atoms with E-state index in [2.05, 4.69) is 10.6 Å². The van der Waals surface area contributed by atoms with E-state index in [4.69, 9.17) is 28.9 Å². The Morgan fingerprint density at radius 1 is 1.17 bits per heavy atom. The number of hydrogen-bond acceptors (Lipinski definition) is 3. The molecule has 2 aromatic rings. The largest absolute Gasteiger partial charge is 0.337 e. The van der Waals surface area contributed by atoms with E-state index in [0.29, 0.717) is 23.1 Å². The molecule has 1 aliphatic heterocycles. The Bertz CT molecular complexity index is 723. The second kappa shape index (κ2) is 7.53. The highest BCUT2D eigenvalue weighted by Gasteiger charge is 2.35. The van der Waals surface area contributed by atoms with E-state index in [0.717, 1.165) is 11.1 Å². The number of carbonyl (C=O) groups excluding carboxylic acids is 1. The van der Waals surface area contributed by atoms with Crippen molar-refractivity contribution >= 4 is 29.1 Å². The van der Waals surface area contributed by atoms with Gasteiger partial charge in [-0.2, -0.15) is 0 Å². The molecule has 24 heavy (non-hydrogen) atoms. The van der Waals surface area contributed by atoms with Gasteiger partial charge in [-0.1, -0.05) is 59.6 Å².